The molecule has 0 radical (unpaired) electrons. The van der Waals surface area contributed by atoms with Crippen molar-refractivity contribution in [1.29, 1.82) is 0 Å². The van der Waals surface area contributed by atoms with Crippen LogP contribution >= 0.6 is 0 Å². The zero-order chi connectivity index (χ0) is 18.5. The Bertz CT molecular complexity index is 977. The van der Waals surface area contributed by atoms with Crippen LogP contribution in [0.15, 0.2) is 53.1 Å². The van der Waals surface area contributed by atoms with Crippen molar-refractivity contribution >= 4 is 16.9 Å². The zero-order valence-corrected chi connectivity index (χ0v) is 15.8. The minimum atomic E-state index is -0.333. The average molecular weight is 348 g/mol. The van der Waals surface area contributed by atoms with E-state index in [0.717, 1.165) is 29.4 Å². The number of fused-ring (bicyclic) bond motifs is 2. The number of ether oxygens (including phenoxy) is 1. The summed E-state index contributed by atoms with van der Waals surface area (Å²) in [4.78, 5) is 12.8. The van der Waals surface area contributed by atoms with Gasteiger partial charge in [-0.3, -0.25) is 0 Å². The lowest BCUT2D eigenvalue weighted by Crippen LogP contribution is -2.34. The first-order valence-electron chi connectivity index (χ1n) is 9.12. The van der Waals surface area contributed by atoms with Crippen molar-refractivity contribution < 1.29 is 13.9 Å². The summed E-state index contributed by atoms with van der Waals surface area (Å²) in [6, 6.07) is 13.2. The quantitative estimate of drug-likeness (QED) is 0.421. The fourth-order valence-electron chi connectivity index (χ4n) is 4.00. The Hall–Kier alpha value is -2.55. The van der Waals surface area contributed by atoms with E-state index in [2.05, 4.69) is 33.8 Å². The molecule has 1 aromatic heterocycles. The van der Waals surface area contributed by atoms with Gasteiger partial charge in [0.25, 0.3) is 0 Å². The third-order valence-electron chi connectivity index (χ3n) is 5.70. The number of carbonyl (C=O) groups excluding carboxylic acids is 1. The number of furan rings is 1. The maximum absolute atomic E-state index is 12.8. The molecule has 0 amide bonds. The van der Waals surface area contributed by atoms with Crippen LogP contribution in [0.5, 0.6) is 5.75 Å². The van der Waals surface area contributed by atoms with Gasteiger partial charge in [-0.05, 0) is 53.5 Å². The average Bonchev–Trinajstić information content (AvgIpc) is 3.08. The maximum Gasteiger partial charge on any atom is 0.343 e. The molecule has 0 bridgehead atoms. The first-order chi connectivity index (χ1) is 12.3. The van der Waals surface area contributed by atoms with E-state index in [9.17, 15) is 4.79 Å². The summed E-state index contributed by atoms with van der Waals surface area (Å²) in [6.07, 6.45) is 3.80. The predicted molar refractivity (Wildman–Crippen MR) is 103 cm³/mol. The lowest BCUT2D eigenvalue weighted by atomic mass is 9.62. The van der Waals surface area contributed by atoms with E-state index in [4.69, 9.17) is 9.15 Å². The molecular weight excluding hydrogens is 324 g/mol. The van der Waals surface area contributed by atoms with Crippen molar-refractivity contribution in [2.24, 2.45) is 0 Å². The number of rotatable bonds is 2. The Morgan fingerprint density at radius 1 is 1.00 bits per heavy atom. The van der Waals surface area contributed by atoms with Crippen LogP contribution in [-0.4, -0.2) is 5.97 Å². The van der Waals surface area contributed by atoms with Crippen molar-refractivity contribution in [2.45, 2.75) is 51.4 Å². The van der Waals surface area contributed by atoms with Crippen LogP contribution in [0.25, 0.3) is 11.0 Å². The molecule has 4 rings (SSSR count). The first-order valence-corrected chi connectivity index (χ1v) is 9.12. The molecule has 3 heteroatoms. The van der Waals surface area contributed by atoms with E-state index in [0.29, 0.717) is 11.3 Å². The van der Waals surface area contributed by atoms with Crippen LogP contribution in [0.1, 0.15) is 62.0 Å². The van der Waals surface area contributed by atoms with Gasteiger partial charge in [-0.15, -0.1) is 0 Å². The van der Waals surface area contributed by atoms with Crippen LogP contribution in [0.4, 0.5) is 0 Å². The number of benzene rings is 2. The summed E-state index contributed by atoms with van der Waals surface area (Å²) >= 11 is 0. The number of carbonyl (C=O) groups is 1. The molecule has 1 aliphatic carbocycles. The SMILES string of the molecule is CC1(C)CCC(C)(C)c2c1cc1occc1c2OC(=O)c1ccccc1. The summed E-state index contributed by atoms with van der Waals surface area (Å²) < 4.78 is 11.7. The largest absolute Gasteiger partial charge is 0.464 e. The third kappa shape index (κ3) is 2.63. The molecule has 3 nitrogen and oxygen atoms in total. The molecular formula is C23H24O3. The second-order valence-electron chi connectivity index (χ2n) is 8.48. The Kier molecular flexibility index (Phi) is 3.72. The normalized spacial score (nSPS) is 17.7. The standard InChI is InChI=1S/C23H24O3/c1-22(2)11-12-23(3,4)19-17(22)14-18-16(10-13-25-18)20(19)26-21(24)15-8-6-5-7-9-15/h5-10,13-14H,11-12H2,1-4H3. The molecule has 2 aromatic carbocycles. The van der Waals surface area contributed by atoms with Crippen molar-refractivity contribution in [3.05, 3.63) is 65.4 Å². The van der Waals surface area contributed by atoms with Crippen LogP contribution in [0, 0.1) is 0 Å². The minimum Gasteiger partial charge on any atom is -0.464 e. The molecule has 1 aliphatic rings. The molecule has 3 aromatic rings. The van der Waals surface area contributed by atoms with Crippen molar-refractivity contribution in [3.8, 4) is 5.75 Å². The predicted octanol–water partition coefficient (Wildman–Crippen LogP) is 6.00. The van der Waals surface area contributed by atoms with Crippen LogP contribution < -0.4 is 4.74 Å². The van der Waals surface area contributed by atoms with Crippen molar-refractivity contribution in [1.82, 2.24) is 0 Å². The summed E-state index contributed by atoms with van der Waals surface area (Å²) in [5.74, 6) is 0.318. The third-order valence-corrected chi connectivity index (χ3v) is 5.70. The minimum absolute atomic E-state index is 0.0136. The van der Waals surface area contributed by atoms with E-state index in [1.54, 1.807) is 18.4 Å². The molecule has 0 aliphatic heterocycles. The van der Waals surface area contributed by atoms with E-state index in [1.807, 2.05) is 24.3 Å². The highest BCUT2D eigenvalue weighted by atomic mass is 16.5. The molecule has 0 fully saturated rings. The highest BCUT2D eigenvalue weighted by molar-refractivity contribution is 5.96. The van der Waals surface area contributed by atoms with Gasteiger partial charge in [0.15, 0.2) is 0 Å². The number of hydrogen-bond donors (Lipinski definition) is 0. The lowest BCUT2D eigenvalue weighted by molar-refractivity contribution is 0.0732. The maximum atomic E-state index is 12.8. The fraction of sp³-hybridized carbons (Fsp3) is 0.348. The van der Waals surface area contributed by atoms with Gasteiger partial charge in [0, 0.05) is 5.56 Å². The molecule has 134 valence electrons. The van der Waals surface area contributed by atoms with Gasteiger partial charge in [0.1, 0.15) is 11.3 Å². The molecule has 0 atom stereocenters. The van der Waals surface area contributed by atoms with E-state index in [-0.39, 0.29) is 16.8 Å². The smallest absolute Gasteiger partial charge is 0.343 e. The van der Waals surface area contributed by atoms with Gasteiger partial charge in [0.05, 0.1) is 17.2 Å². The van der Waals surface area contributed by atoms with Crippen LogP contribution in [-0.2, 0) is 10.8 Å². The molecule has 0 spiro atoms. The molecule has 26 heavy (non-hydrogen) atoms. The second kappa shape index (κ2) is 5.73. The Morgan fingerprint density at radius 2 is 1.69 bits per heavy atom. The second-order valence-corrected chi connectivity index (χ2v) is 8.48. The van der Waals surface area contributed by atoms with Gasteiger partial charge < -0.3 is 9.15 Å². The van der Waals surface area contributed by atoms with Gasteiger partial charge >= 0.3 is 5.97 Å². The number of esters is 1. The first kappa shape index (κ1) is 16.9. The molecule has 1 heterocycles. The lowest BCUT2D eigenvalue weighted by Gasteiger charge is -2.42. The topological polar surface area (TPSA) is 39.4 Å². The van der Waals surface area contributed by atoms with Crippen LogP contribution in [0.2, 0.25) is 0 Å². The summed E-state index contributed by atoms with van der Waals surface area (Å²) in [5.41, 5.74) is 3.61. The zero-order valence-electron chi connectivity index (χ0n) is 15.8. The Labute approximate surface area is 154 Å². The fourth-order valence-corrected chi connectivity index (χ4v) is 4.00. The Balaban J connectivity index is 1.93. The van der Waals surface area contributed by atoms with Gasteiger partial charge in [-0.25, -0.2) is 4.79 Å². The molecule has 0 N–H and O–H groups in total. The highest BCUT2D eigenvalue weighted by Gasteiger charge is 2.41. The van der Waals surface area contributed by atoms with Crippen molar-refractivity contribution in [2.75, 3.05) is 0 Å². The van der Waals surface area contributed by atoms with Gasteiger partial charge in [-0.2, -0.15) is 0 Å². The molecule has 0 unspecified atom stereocenters. The summed E-state index contributed by atoms with van der Waals surface area (Å²) in [6.45, 7) is 8.96. The van der Waals surface area contributed by atoms with Gasteiger partial charge in [0.2, 0.25) is 0 Å². The van der Waals surface area contributed by atoms with E-state index >= 15 is 0 Å². The van der Waals surface area contributed by atoms with E-state index in [1.165, 1.54) is 5.56 Å². The monoisotopic (exact) mass is 348 g/mol. The summed E-state index contributed by atoms with van der Waals surface area (Å²) in [5, 5.41) is 0.860. The molecule has 0 saturated heterocycles. The van der Waals surface area contributed by atoms with Gasteiger partial charge in [-0.1, -0.05) is 45.9 Å². The molecule has 0 saturated carbocycles. The number of hydrogen-bond acceptors (Lipinski definition) is 3. The summed E-state index contributed by atoms with van der Waals surface area (Å²) in [7, 11) is 0. The Morgan fingerprint density at radius 3 is 2.42 bits per heavy atom. The van der Waals surface area contributed by atoms with Crippen LogP contribution in [0.3, 0.4) is 0 Å². The highest BCUT2D eigenvalue weighted by Crippen LogP contribution is 2.52. The van der Waals surface area contributed by atoms with E-state index < -0.39 is 0 Å². The van der Waals surface area contributed by atoms with Crippen molar-refractivity contribution in [3.63, 3.8) is 0 Å².